The van der Waals surface area contributed by atoms with Gasteiger partial charge >= 0.3 is 0 Å². The van der Waals surface area contributed by atoms with Crippen molar-refractivity contribution >= 4 is 0 Å². The zero-order chi connectivity index (χ0) is 8.65. The summed E-state index contributed by atoms with van der Waals surface area (Å²) in [4.78, 5) is 2.55. The minimum atomic E-state index is 0.754. The van der Waals surface area contributed by atoms with Gasteiger partial charge in [0.25, 0.3) is 0 Å². The van der Waals surface area contributed by atoms with Crippen LogP contribution in [0.2, 0.25) is 0 Å². The molecule has 1 saturated heterocycles. The third kappa shape index (κ3) is 4.04. The van der Waals surface area contributed by atoms with Crippen molar-refractivity contribution in [3.05, 3.63) is 0 Å². The van der Waals surface area contributed by atoms with E-state index in [1.807, 2.05) is 0 Å². The van der Waals surface area contributed by atoms with Gasteiger partial charge in [-0.1, -0.05) is 0 Å². The summed E-state index contributed by atoms with van der Waals surface area (Å²) in [5, 5.41) is 3.31. The van der Waals surface area contributed by atoms with Crippen LogP contribution in [0.1, 0.15) is 19.3 Å². The van der Waals surface area contributed by atoms with E-state index in [1.54, 1.807) is 0 Å². The van der Waals surface area contributed by atoms with E-state index in [2.05, 4.69) is 10.2 Å². The molecule has 1 aliphatic heterocycles. The van der Waals surface area contributed by atoms with Crippen LogP contribution in [0.25, 0.3) is 0 Å². The van der Waals surface area contributed by atoms with Crippen LogP contribution >= 0.6 is 0 Å². The van der Waals surface area contributed by atoms with Crippen LogP contribution in [0.3, 0.4) is 0 Å². The third-order valence-electron chi connectivity index (χ3n) is 2.35. The summed E-state index contributed by atoms with van der Waals surface area (Å²) in [6.07, 6.45) is 4.06. The maximum Gasteiger partial charge on any atom is 0.00745 e. The fourth-order valence-corrected chi connectivity index (χ4v) is 1.66. The third-order valence-corrected chi connectivity index (χ3v) is 2.35. The van der Waals surface area contributed by atoms with Gasteiger partial charge in [-0.25, -0.2) is 0 Å². The van der Waals surface area contributed by atoms with Crippen molar-refractivity contribution in [3.63, 3.8) is 0 Å². The summed E-state index contributed by atoms with van der Waals surface area (Å²) in [6, 6.07) is 0. The highest BCUT2D eigenvalue weighted by Gasteiger charge is 2.09. The van der Waals surface area contributed by atoms with E-state index < -0.39 is 0 Å². The molecule has 1 heterocycles. The molecule has 0 aromatic carbocycles. The molecule has 0 aliphatic carbocycles. The Hall–Kier alpha value is -0.120. The first-order valence-corrected chi connectivity index (χ1v) is 5.06. The van der Waals surface area contributed by atoms with Crippen LogP contribution in [0.15, 0.2) is 0 Å². The predicted molar refractivity (Wildman–Crippen MR) is 52.2 cm³/mol. The number of likely N-dealkylation sites (tertiary alicyclic amines) is 1. The molecule has 0 radical (unpaired) electrons. The molecule has 0 aromatic heterocycles. The number of hydrogen-bond donors (Lipinski definition) is 2. The van der Waals surface area contributed by atoms with Gasteiger partial charge < -0.3 is 16.0 Å². The first-order chi connectivity index (χ1) is 5.93. The Morgan fingerprint density at radius 2 is 1.92 bits per heavy atom. The SMILES string of the molecule is NCCNCCCN1CCCC1. The highest BCUT2D eigenvalue weighted by atomic mass is 15.1. The molecule has 0 unspecified atom stereocenters. The van der Waals surface area contributed by atoms with Crippen LogP contribution in [-0.4, -0.2) is 44.2 Å². The summed E-state index contributed by atoms with van der Waals surface area (Å²) in [6.45, 7) is 6.72. The fraction of sp³-hybridized carbons (Fsp3) is 1.00. The molecule has 0 saturated carbocycles. The van der Waals surface area contributed by atoms with Crippen molar-refractivity contribution < 1.29 is 0 Å². The summed E-state index contributed by atoms with van der Waals surface area (Å²) in [7, 11) is 0. The molecule has 1 fully saturated rings. The largest absolute Gasteiger partial charge is 0.329 e. The number of nitrogens with one attached hydrogen (secondary N) is 1. The van der Waals surface area contributed by atoms with Gasteiger partial charge in [0, 0.05) is 13.1 Å². The van der Waals surface area contributed by atoms with Crippen molar-refractivity contribution in [1.29, 1.82) is 0 Å². The zero-order valence-electron chi connectivity index (χ0n) is 7.89. The highest BCUT2D eigenvalue weighted by molar-refractivity contribution is 4.66. The van der Waals surface area contributed by atoms with E-state index in [4.69, 9.17) is 5.73 Å². The molecule has 0 spiro atoms. The molecule has 0 atom stereocenters. The van der Waals surface area contributed by atoms with E-state index in [1.165, 1.54) is 38.9 Å². The number of nitrogens with two attached hydrogens (primary N) is 1. The van der Waals surface area contributed by atoms with Gasteiger partial charge in [-0.2, -0.15) is 0 Å². The molecule has 12 heavy (non-hydrogen) atoms. The van der Waals surface area contributed by atoms with Crippen molar-refractivity contribution in [2.45, 2.75) is 19.3 Å². The quantitative estimate of drug-likeness (QED) is 0.554. The molecule has 3 heteroatoms. The zero-order valence-corrected chi connectivity index (χ0v) is 7.89. The smallest absolute Gasteiger partial charge is 0.00745 e. The van der Waals surface area contributed by atoms with Crippen molar-refractivity contribution in [3.8, 4) is 0 Å². The standard InChI is InChI=1S/C9H21N3/c10-4-6-11-5-3-9-12-7-1-2-8-12/h11H,1-10H2. The average molecular weight is 171 g/mol. The molecule has 0 aromatic rings. The monoisotopic (exact) mass is 171 g/mol. The number of nitrogens with zero attached hydrogens (tertiary/aromatic N) is 1. The molecule has 1 aliphatic rings. The Bertz CT molecular complexity index is 99.9. The molecular weight excluding hydrogens is 150 g/mol. The van der Waals surface area contributed by atoms with Crippen LogP contribution in [0, 0.1) is 0 Å². The highest BCUT2D eigenvalue weighted by Crippen LogP contribution is 2.06. The van der Waals surface area contributed by atoms with Crippen molar-refractivity contribution in [2.75, 3.05) is 39.3 Å². The van der Waals surface area contributed by atoms with Gasteiger partial charge in [-0.05, 0) is 45.4 Å². The summed E-state index contributed by atoms with van der Waals surface area (Å²) < 4.78 is 0. The normalized spacial score (nSPS) is 18.8. The Balaban J connectivity index is 1.81. The van der Waals surface area contributed by atoms with E-state index in [0.717, 1.165) is 19.6 Å². The Morgan fingerprint density at radius 1 is 1.17 bits per heavy atom. The van der Waals surface area contributed by atoms with Gasteiger partial charge in [0.15, 0.2) is 0 Å². The maximum absolute atomic E-state index is 5.36. The van der Waals surface area contributed by atoms with E-state index in [0.29, 0.717) is 0 Å². The minimum absolute atomic E-state index is 0.754. The molecular formula is C9H21N3. The van der Waals surface area contributed by atoms with Crippen LogP contribution in [-0.2, 0) is 0 Å². The van der Waals surface area contributed by atoms with E-state index in [9.17, 15) is 0 Å². The summed E-state index contributed by atoms with van der Waals surface area (Å²) in [5.74, 6) is 0. The second-order valence-corrected chi connectivity index (χ2v) is 3.44. The number of rotatable bonds is 6. The van der Waals surface area contributed by atoms with E-state index >= 15 is 0 Å². The first kappa shape index (κ1) is 9.96. The van der Waals surface area contributed by atoms with Gasteiger partial charge in [0.2, 0.25) is 0 Å². The predicted octanol–water partition coefficient (Wildman–Crippen LogP) is 0.0206. The number of hydrogen-bond acceptors (Lipinski definition) is 3. The van der Waals surface area contributed by atoms with Gasteiger partial charge in [0.05, 0.1) is 0 Å². The van der Waals surface area contributed by atoms with Crippen molar-refractivity contribution in [2.24, 2.45) is 5.73 Å². The van der Waals surface area contributed by atoms with Crippen LogP contribution < -0.4 is 11.1 Å². The fourth-order valence-electron chi connectivity index (χ4n) is 1.66. The van der Waals surface area contributed by atoms with Gasteiger partial charge in [-0.3, -0.25) is 0 Å². The maximum atomic E-state index is 5.36. The molecule has 3 N–H and O–H groups in total. The summed E-state index contributed by atoms with van der Waals surface area (Å²) in [5.41, 5.74) is 5.36. The molecule has 72 valence electrons. The molecule has 0 bridgehead atoms. The Labute approximate surface area is 75.3 Å². The lowest BCUT2D eigenvalue weighted by Crippen LogP contribution is -2.27. The van der Waals surface area contributed by atoms with E-state index in [-0.39, 0.29) is 0 Å². The Morgan fingerprint density at radius 3 is 2.58 bits per heavy atom. The molecule has 1 rings (SSSR count). The minimum Gasteiger partial charge on any atom is -0.329 e. The molecule has 3 nitrogen and oxygen atoms in total. The lowest BCUT2D eigenvalue weighted by atomic mass is 10.4. The topological polar surface area (TPSA) is 41.3 Å². The first-order valence-electron chi connectivity index (χ1n) is 5.06. The van der Waals surface area contributed by atoms with Gasteiger partial charge in [0.1, 0.15) is 0 Å². The summed E-state index contributed by atoms with van der Waals surface area (Å²) >= 11 is 0. The van der Waals surface area contributed by atoms with Gasteiger partial charge in [-0.15, -0.1) is 0 Å². The average Bonchev–Trinajstić information content (AvgIpc) is 2.57. The Kier molecular flexibility index (Phi) is 5.32. The van der Waals surface area contributed by atoms with Crippen LogP contribution in [0.5, 0.6) is 0 Å². The second kappa shape index (κ2) is 6.40. The lowest BCUT2D eigenvalue weighted by molar-refractivity contribution is 0.331. The van der Waals surface area contributed by atoms with Crippen molar-refractivity contribution in [1.82, 2.24) is 10.2 Å². The van der Waals surface area contributed by atoms with Crippen LogP contribution in [0.4, 0.5) is 0 Å². The lowest BCUT2D eigenvalue weighted by Gasteiger charge is -2.13. The second-order valence-electron chi connectivity index (χ2n) is 3.44. The molecule has 0 amide bonds.